The smallest absolute Gasteiger partial charge is 0.352 e. The summed E-state index contributed by atoms with van der Waals surface area (Å²) in [5.41, 5.74) is 0.153. The van der Waals surface area contributed by atoms with Crippen molar-refractivity contribution < 1.29 is 19.1 Å². The second kappa shape index (κ2) is 5.88. The molecule has 0 unspecified atom stereocenters. The lowest BCUT2D eigenvalue weighted by atomic mass is 9.99. The SMILES string of the molecule is COC(=O)[C@]1(C)Nc2ccccc2C(=O)N1c1ccccc1OC. The van der Waals surface area contributed by atoms with E-state index in [9.17, 15) is 9.59 Å². The zero-order valence-corrected chi connectivity index (χ0v) is 13.7. The first-order valence-electron chi connectivity index (χ1n) is 7.46. The van der Waals surface area contributed by atoms with Gasteiger partial charge in [-0.1, -0.05) is 24.3 Å². The molecule has 2 aromatic carbocycles. The van der Waals surface area contributed by atoms with E-state index in [0.29, 0.717) is 22.7 Å². The predicted molar refractivity (Wildman–Crippen MR) is 90.3 cm³/mol. The minimum atomic E-state index is -1.39. The highest BCUT2D eigenvalue weighted by Crippen LogP contribution is 2.39. The molecule has 1 N–H and O–H groups in total. The van der Waals surface area contributed by atoms with Crippen molar-refractivity contribution in [1.29, 1.82) is 0 Å². The molecule has 124 valence electrons. The van der Waals surface area contributed by atoms with E-state index < -0.39 is 11.6 Å². The number of esters is 1. The van der Waals surface area contributed by atoms with Gasteiger partial charge >= 0.3 is 5.97 Å². The van der Waals surface area contributed by atoms with Crippen molar-refractivity contribution in [2.45, 2.75) is 12.6 Å². The molecule has 1 amide bonds. The molecule has 1 aliphatic rings. The number of nitrogens with zero attached hydrogens (tertiary/aromatic N) is 1. The number of nitrogens with one attached hydrogen (secondary N) is 1. The molecule has 0 spiro atoms. The Morgan fingerprint density at radius 2 is 1.75 bits per heavy atom. The van der Waals surface area contributed by atoms with Crippen LogP contribution >= 0.6 is 0 Å². The van der Waals surface area contributed by atoms with Gasteiger partial charge < -0.3 is 14.8 Å². The van der Waals surface area contributed by atoms with Gasteiger partial charge in [-0.2, -0.15) is 0 Å². The number of rotatable bonds is 3. The Labute approximate surface area is 140 Å². The number of carbonyl (C=O) groups excluding carboxylic acids is 2. The van der Waals surface area contributed by atoms with Gasteiger partial charge in [-0.25, -0.2) is 4.79 Å². The molecule has 0 bridgehead atoms. The number of hydrogen-bond donors (Lipinski definition) is 1. The zero-order chi connectivity index (χ0) is 17.3. The van der Waals surface area contributed by atoms with Crippen LogP contribution in [0.1, 0.15) is 17.3 Å². The minimum Gasteiger partial charge on any atom is -0.495 e. The summed E-state index contributed by atoms with van der Waals surface area (Å²) in [4.78, 5) is 27.0. The molecule has 3 rings (SSSR count). The summed E-state index contributed by atoms with van der Waals surface area (Å²) in [6.07, 6.45) is 0. The third-order valence-corrected chi connectivity index (χ3v) is 4.09. The largest absolute Gasteiger partial charge is 0.495 e. The molecule has 0 saturated carbocycles. The molecule has 0 saturated heterocycles. The van der Waals surface area contributed by atoms with Crippen LogP contribution in [0, 0.1) is 0 Å². The maximum atomic E-state index is 13.1. The maximum Gasteiger partial charge on any atom is 0.352 e. The fourth-order valence-electron chi connectivity index (χ4n) is 2.93. The van der Waals surface area contributed by atoms with Gasteiger partial charge in [0.2, 0.25) is 5.66 Å². The number of carbonyl (C=O) groups is 2. The van der Waals surface area contributed by atoms with E-state index in [1.807, 2.05) is 0 Å². The Morgan fingerprint density at radius 3 is 2.46 bits per heavy atom. The van der Waals surface area contributed by atoms with E-state index in [2.05, 4.69) is 5.32 Å². The van der Waals surface area contributed by atoms with E-state index in [1.165, 1.54) is 19.1 Å². The Hall–Kier alpha value is -3.02. The number of fused-ring (bicyclic) bond motifs is 1. The van der Waals surface area contributed by atoms with Crippen molar-refractivity contribution in [2.24, 2.45) is 0 Å². The fourth-order valence-corrected chi connectivity index (χ4v) is 2.93. The molecule has 6 nitrogen and oxygen atoms in total. The van der Waals surface area contributed by atoms with Gasteiger partial charge in [-0.3, -0.25) is 9.69 Å². The summed E-state index contributed by atoms with van der Waals surface area (Å²) in [6, 6.07) is 14.1. The van der Waals surface area contributed by atoms with Gasteiger partial charge in [0.15, 0.2) is 0 Å². The molecule has 1 aliphatic heterocycles. The molecular formula is C18H18N2O4. The normalized spacial score (nSPS) is 19.3. The number of anilines is 2. The molecule has 2 aromatic rings. The Kier molecular flexibility index (Phi) is 3.89. The summed E-state index contributed by atoms with van der Waals surface area (Å²) in [5, 5.41) is 3.13. The van der Waals surface area contributed by atoms with Crippen LogP contribution in [0.3, 0.4) is 0 Å². The molecular weight excluding hydrogens is 308 g/mol. The lowest BCUT2D eigenvalue weighted by molar-refractivity contribution is -0.145. The lowest BCUT2D eigenvalue weighted by Crippen LogP contribution is -2.63. The van der Waals surface area contributed by atoms with Crippen molar-refractivity contribution in [1.82, 2.24) is 0 Å². The number of methoxy groups -OCH3 is 2. The highest BCUT2D eigenvalue weighted by atomic mass is 16.5. The second-order valence-corrected chi connectivity index (χ2v) is 5.55. The monoisotopic (exact) mass is 326 g/mol. The van der Waals surface area contributed by atoms with Crippen LogP contribution in [-0.4, -0.2) is 31.8 Å². The van der Waals surface area contributed by atoms with Gasteiger partial charge in [0.25, 0.3) is 5.91 Å². The van der Waals surface area contributed by atoms with E-state index >= 15 is 0 Å². The molecule has 0 aromatic heterocycles. The summed E-state index contributed by atoms with van der Waals surface area (Å²) < 4.78 is 10.3. The van der Waals surface area contributed by atoms with Crippen LogP contribution < -0.4 is 15.0 Å². The van der Waals surface area contributed by atoms with Gasteiger partial charge in [0, 0.05) is 5.69 Å². The number of para-hydroxylation sites is 3. The van der Waals surface area contributed by atoms with E-state index in [4.69, 9.17) is 9.47 Å². The standard InChI is InChI=1S/C18H18N2O4/c1-18(17(22)24-3)19-13-9-5-4-8-12(13)16(21)20(18)14-10-6-7-11-15(14)23-2/h4-11,19H,1-3H3/t18-/m1/s1. The van der Waals surface area contributed by atoms with Crippen LogP contribution in [0.15, 0.2) is 48.5 Å². The predicted octanol–water partition coefficient (Wildman–Crippen LogP) is 2.66. The zero-order valence-electron chi connectivity index (χ0n) is 13.7. The van der Waals surface area contributed by atoms with Gasteiger partial charge in [-0.15, -0.1) is 0 Å². The molecule has 0 radical (unpaired) electrons. The van der Waals surface area contributed by atoms with E-state index in [0.717, 1.165) is 0 Å². The third-order valence-electron chi connectivity index (χ3n) is 4.09. The summed E-state index contributed by atoms with van der Waals surface area (Å²) in [7, 11) is 2.81. The van der Waals surface area contributed by atoms with E-state index in [1.54, 1.807) is 55.5 Å². The summed E-state index contributed by atoms with van der Waals surface area (Å²) >= 11 is 0. The molecule has 0 aliphatic carbocycles. The first kappa shape index (κ1) is 15.9. The van der Waals surface area contributed by atoms with Crippen molar-refractivity contribution in [2.75, 3.05) is 24.4 Å². The van der Waals surface area contributed by atoms with Crippen molar-refractivity contribution in [3.05, 3.63) is 54.1 Å². The quantitative estimate of drug-likeness (QED) is 0.878. The van der Waals surface area contributed by atoms with Crippen LogP contribution in [0.4, 0.5) is 11.4 Å². The highest BCUT2D eigenvalue weighted by Gasteiger charge is 2.49. The molecule has 6 heteroatoms. The Balaban J connectivity index is 2.23. The Morgan fingerprint density at radius 1 is 1.08 bits per heavy atom. The lowest BCUT2D eigenvalue weighted by Gasteiger charge is -2.44. The number of ether oxygens (including phenoxy) is 2. The average molecular weight is 326 g/mol. The van der Waals surface area contributed by atoms with Crippen LogP contribution in [0.5, 0.6) is 5.75 Å². The summed E-state index contributed by atoms with van der Waals surface area (Å²) in [5.74, 6) is -0.389. The van der Waals surface area contributed by atoms with Crippen molar-refractivity contribution in [3.8, 4) is 5.75 Å². The van der Waals surface area contributed by atoms with Crippen LogP contribution in [-0.2, 0) is 9.53 Å². The van der Waals surface area contributed by atoms with Crippen LogP contribution in [0.25, 0.3) is 0 Å². The first-order valence-corrected chi connectivity index (χ1v) is 7.46. The molecule has 0 fully saturated rings. The van der Waals surface area contributed by atoms with Gasteiger partial charge in [0.1, 0.15) is 5.75 Å². The summed E-state index contributed by atoms with van der Waals surface area (Å²) in [6.45, 7) is 1.61. The van der Waals surface area contributed by atoms with Crippen molar-refractivity contribution >= 4 is 23.3 Å². The molecule has 24 heavy (non-hydrogen) atoms. The van der Waals surface area contributed by atoms with E-state index in [-0.39, 0.29) is 5.91 Å². The average Bonchev–Trinajstić information content (AvgIpc) is 2.61. The van der Waals surface area contributed by atoms with Crippen LogP contribution in [0.2, 0.25) is 0 Å². The van der Waals surface area contributed by atoms with Gasteiger partial charge in [0.05, 0.1) is 25.5 Å². The number of amides is 1. The first-order chi connectivity index (χ1) is 11.5. The number of hydrogen-bond acceptors (Lipinski definition) is 5. The fraction of sp³-hybridized carbons (Fsp3) is 0.222. The minimum absolute atomic E-state index is 0.304. The second-order valence-electron chi connectivity index (χ2n) is 5.55. The number of benzene rings is 2. The third kappa shape index (κ3) is 2.27. The molecule has 1 heterocycles. The maximum absolute atomic E-state index is 13.1. The van der Waals surface area contributed by atoms with Crippen molar-refractivity contribution in [3.63, 3.8) is 0 Å². The highest BCUT2D eigenvalue weighted by molar-refractivity contribution is 6.17. The Bertz CT molecular complexity index is 805. The molecule has 1 atom stereocenters. The topological polar surface area (TPSA) is 67.9 Å². The van der Waals surface area contributed by atoms with Gasteiger partial charge in [-0.05, 0) is 31.2 Å².